The largest absolute Gasteiger partial charge is 0.300 e. The Hall–Kier alpha value is -1.26. The third-order valence-corrected chi connectivity index (χ3v) is 2.43. The first-order valence-corrected chi connectivity index (χ1v) is 6.08. The highest BCUT2D eigenvalue weighted by molar-refractivity contribution is 5.15. The van der Waals surface area contributed by atoms with E-state index in [4.69, 9.17) is 0 Å². The van der Waals surface area contributed by atoms with Crippen LogP contribution in [-0.4, -0.2) is 6.04 Å². The van der Waals surface area contributed by atoms with Crippen LogP contribution < -0.4 is 5.32 Å². The fraction of sp³-hybridized carbons (Fsp3) is 0.467. The number of rotatable bonds is 5. The highest BCUT2D eigenvalue weighted by Crippen LogP contribution is 1.98. The van der Waals surface area contributed by atoms with Crippen LogP contribution in [0, 0.1) is 11.8 Å². The molecule has 0 radical (unpaired) electrons. The van der Waals surface area contributed by atoms with Gasteiger partial charge in [-0.1, -0.05) is 49.6 Å². The van der Waals surface area contributed by atoms with Gasteiger partial charge in [0.05, 0.1) is 6.04 Å². The van der Waals surface area contributed by atoms with Crippen molar-refractivity contribution in [3.8, 4) is 11.8 Å². The molecule has 0 aliphatic carbocycles. The van der Waals surface area contributed by atoms with Crippen LogP contribution in [0.25, 0.3) is 0 Å². The minimum Gasteiger partial charge on any atom is -0.300 e. The molecule has 1 rings (SSSR count). The number of unbranched alkanes of at least 4 members (excludes halogenated alkanes) is 2. The molecular weight excluding hydrogens is 194 g/mol. The lowest BCUT2D eigenvalue weighted by atomic mass is 10.2. The smallest absolute Gasteiger partial charge is 0.0663 e. The summed E-state index contributed by atoms with van der Waals surface area (Å²) in [5.41, 5.74) is 1.31. The summed E-state index contributed by atoms with van der Waals surface area (Å²) < 4.78 is 0. The molecule has 0 aliphatic heterocycles. The molecule has 1 heteroatoms. The van der Waals surface area contributed by atoms with Gasteiger partial charge in [0.15, 0.2) is 0 Å². The normalized spacial score (nSPS) is 11.6. The van der Waals surface area contributed by atoms with Crippen LogP contribution in [0.15, 0.2) is 30.3 Å². The first kappa shape index (κ1) is 12.8. The molecule has 86 valence electrons. The Bertz CT molecular complexity index is 331. The third kappa shape index (κ3) is 5.58. The number of benzene rings is 1. The molecule has 16 heavy (non-hydrogen) atoms. The topological polar surface area (TPSA) is 12.0 Å². The second kappa shape index (κ2) is 7.96. The van der Waals surface area contributed by atoms with E-state index in [0.717, 1.165) is 13.0 Å². The molecule has 0 spiro atoms. The van der Waals surface area contributed by atoms with E-state index in [1.165, 1.54) is 18.4 Å². The van der Waals surface area contributed by atoms with Gasteiger partial charge in [-0.3, -0.25) is 5.32 Å². The minimum atomic E-state index is 0.275. The molecular formula is C15H21N. The van der Waals surface area contributed by atoms with Crippen molar-refractivity contribution in [2.45, 2.75) is 45.7 Å². The first-order chi connectivity index (χ1) is 7.83. The van der Waals surface area contributed by atoms with Crippen molar-refractivity contribution in [2.75, 3.05) is 0 Å². The second-order valence-corrected chi connectivity index (χ2v) is 4.01. The van der Waals surface area contributed by atoms with Crippen LogP contribution in [0.3, 0.4) is 0 Å². The van der Waals surface area contributed by atoms with E-state index < -0.39 is 0 Å². The molecule has 0 heterocycles. The van der Waals surface area contributed by atoms with Crippen LogP contribution in [0.5, 0.6) is 0 Å². The van der Waals surface area contributed by atoms with Crippen LogP contribution in [0.1, 0.15) is 38.7 Å². The van der Waals surface area contributed by atoms with E-state index in [1.807, 2.05) is 6.07 Å². The van der Waals surface area contributed by atoms with E-state index in [2.05, 4.69) is 55.3 Å². The van der Waals surface area contributed by atoms with Gasteiger partial charge in [0.25, 0.3) is 0 Å². The fourth-order valence-electron chi connectivity index (χ4n) is 1.41. The number of hydrogen-bond acceptors (Lipinski definition) is 1. The summed E-state index contributed by atoms with van der Waals surface area (Å²) in [5, 5.41) is 3.40. The lowest BCUT2D eigenvalue weighted by molar-refractivity contribution is 0.647. The van der Waals surface area contributed by atoms with E-state index >= 15 is 0 Å². The predicted octanol–water partition coefficient (Wildman–Crippen LogP) is 3.36. The maximum atomic E-state index is 3.40. The SMILES string of the molecule is CCCCC#C[C@H](C)NCc1ccccc1. The van der Waals surface area contributed by atoms with Gasteiger partial charge in [-0.05, 0) is 18.9 Å². The molecule has 0 fully saturated rings. The second-order valence-electron chi connectivity index (χ2n) is 4.01. The highest BCUT2D eigenvalue weighted by atomic mass is 14.9. The van der Waals surface area contributed by atoms with E-state index in [-0.39, 0.29) is 6.04 Å². The molecule has 0 saturated carbocycles. The molecule has 1 N–H and O–H groups in total. The van der Waals surface area contributed by atoms with Crippen LogP contribution in [0.2, 0.25) is 0 Å². The molecule has 0 amide bonds. The molecule has 1 aromatic rings. The summed E-state index contributed by atoms with van der Waals surface area (Å²) in [5.74, 6) is 6.44. The molecule has 0 saturated heterocycles. The number of hydrogen-bond donors (Lipinski definition) is 1. The summed E-state index contributed by atoms with van der Waals surface area (Å²) >= 11 is 0. The van der Waals surface area contributed by atoms with Crippen molar-refractivity contribution in [1.29, 1.82) is 0 Å². The zero-order valence-electron chi connectivity index (χ0n) is 10.3. The van der Waals surface area contributed by atoms with E-state index in [1.54, 1.807) is 0 Å². The Kier molecular flexibility index (Phi) is 6.37. The molecule has 0 unspecified atom stereocenters. The zero-order chi connectivity index (χ0) is 11.6. The van der Waals surface area contributed by atoms with Gasteiger partial charge in [0, 0.05) is 13.0 Å². The summed E-state index contributed by atoms with van der Waals surface area (Å²) in [4.78, 5) is 0. The maximum Gasteiger partial charge on any atom is 0.0663 e. The molecule has 0 aromatic heterocycles. The minimum absolute atomic E-state index is 0.275. The van der Waals surface area contributed by atoms with Gasteiger partial charge in [-0.2, -0.15) is 0 Å². The predicted molar refractivity (Wildman–Crippen MR) is 70.0 cm³/mol. The monoisotopic (exact) mass is 215 g/mol. The Balaban J connectivity index is 2.24. The summed E-state index contributed by atoms with van der Waals surface area (Å²) in [6, 6.07) is 10.7. The van der Waals surface area contributed by atoms with Gasteiger partial charge >= 0.3 is 0 Å². The molecule has 0 aliphatic rings. The summed E-state index contributed by atoms with van der Waals surface area (Å²) in [7, 11) is 0. The Morgan fingerprint density at radius 2 is 2.00 bits per heavy atom. The van der Waals surface area contributed by atoms with Crippen LogP contribution in [-0.2, 0) is 6.54 Å². The van der Waals surface area contributed by atoms with Crippen molar-refractivity contribution in [1.82, 2.24) is 5.32 Å². The zero-order valence-corrected chi connectivity index (χ0v) is 10.3. The first-order valence-electron chi connectivity index (χ1n) is 6.08. The quantitative estimate of drug-likeness (QED) is 0.586. The van der Waals surface area contributed by atoms with Gasteiger partial charge in [-0.25, -0.2) is 0 Å². The molecule has 1 aromatic carbocycles. The standard InChI is InChI=1S/C15H21N/c1-3-4-5-7-10-14(2)16-13-15-11-8-6-9-12-15/h6,8-9,11-12,14,16H,3-5,13H2,1-2H3/t14-/m0/s1. The van der Waals surface area contributed by atoms with Gasteiger partial charge in [0.2, 0.25) is 0 Å². The van der Waals surface area contributed by atoms with Crippen LogP contribution in [0.4, 0.5) is 0 Å². The molecule has 0 bridgehead atoms. The van der Waals surface area contributed by atoms with Gasteiger partial charge in [0.1, 0.15) is 0 Å². The molecule has 1 nitrogen and oxygen atoms in total. The van der Waals surface area contributed by atoms with Crippen molar-refractivity contribution in [3.63, 3.8) is 0 Å². The maximum absolute atomic E-state index is 3.40. The fourth-order valence-corrected chi connectivity index (χ4v) is 1.41. The van der Waals surface area contributed by atoms with Crippen molar-refractivity contribution in [2.24, 2.45) is 0 Å². The van der Waals surface area contributed by atoms with Gasteiger partial charge < -0.3 is 0 Å². The van der Waals surface area contributed by atoms with Crippen LogP contribution >= 0.6 is 0 Å². The van der Waals surface area contributed by atoms with Crippen molar-refractivity contribution >= 4 is 0 Å². The van der Waals surface area contributed by atoms with E-state index in [9.17, 15) is 0 Å². The van der Waals surface area contributed by atoms with Crippen molar-refractivity contribution in [3.05, 3.63) is 35.9 Å². The number of nitrogens with one attached hydrogen (secondary N) is 1. The lowest BCUT2D eigenvalue weighted by Crippen LogP contribution is -2.23. The Labute approximate surface area is 99.3 Å². The van der Waals surface area contributed by atoms with E-state index in [0.29, 0.717) is 0 Å². The summed E-state index contributed by atoms with van der Waals surface area (Å²) in [6.07, 6.45) is 3.45. The average Bonchev–Trinajstić information content (AvgIpc) is 2.33. The Morgan fingerprint density at radius 3 is 2.69 bits per heavy atom. The van der Waals surface area contributed by atoms with Gasteiger partial charge in [-0.15, -0.1) is 5.92 Å². The van der Waals surface area contributed by atoms with Crippen molar-refractivity contribution < 1.29 is 0 Å². The highest BCUT2D eigenvalue weighted by Gasteiger charge is 1.95. The molecule has 1 atom stereocenters. The summed E-state index contributed by atoms with van der Waals surface area (Å²) in [6.45, 7) is 5.20. The third-order valence-electron chi connectivity index (χ3n) is 2.43. The Morgan fingerprint density at radius 1 is 1.25 bits per heavy atom. The lowest BCUT2D eigenvalue weighted by Gasteiger charge is -2.07. The average molecular weight is 215 g/mol.